The third-order valence-corrected chi connectivity index (χ3v) is 4.86. The fraction of sp³-hybridized carbons (Fsp3) is 0.538. The van der Waals surface area contributed by atoms with E-state index in [-0.39, 0.29) is 11.4 Å². The van der Waals surface area contributed by atoms with Crippen molar-refractivity contribution >= 4 is 10.0 Å². The Balaban J connectivity index is 1.98. The zero-order valence-electron chi connectivity index (χ0n) is 11.9. The molecule has 9 heteroatoms. The van der Waals surface area contributed by atoms with Crippen molar-refractivity contribution in [2.45, 2.75) is 11.1 Å². The summed E-state index contributed by atoms with van der Waals surface area (Å²) in [6, 6.07) is 3.74. The summed E-state index contributed by atoms with van der Waals surface area (Å²) in [5, 5.41) is 3.18. The Morgan fingerprint density at radius 3 is 2.55 bits per heavy atom. The van der Waals surface area contributed by atoms with Gasteiger partial charge in [0.15, 0.2) is 0 Å². The number of benzene rings is 1. The van der Waals surface area contributed by atoms with Crippen LogP contribution in [-0.4, -0.2) is 52.6 Å². The van der Waals surface area contributed by atoms with Gasteiger partial charge in [-0.25, -0.2) is 13.1 Å². The summed E-state index contributed by atoms with van der Waals surface area (Å²) >= 11 is 0. The highest BCUT2D eigenvalue weighted by Crippen LogP contribution is 2.30. The molecule has 1 aliphatic heterocycles. The second kappa shape index (κ2) is 6.95. The summed E-state index contributed by atoms with van der Waals surface area (Å²) in [5.41, 5.74) is -0.975. The van der Waals surface area contributed by atoms with Crippen molar-refractivity contribution in [2.75, 3.05) is 39.3 Å². The van der Waals surface area contributed by atoms with Crippen LogP contribution < -0.4 is 10.0 Å². The minimum atomic E-state index is -4.56. The molecule has 2 rings (SSSR count). The molecule has 1 aromatic carbocycles. The second-order valence-corrected chi connectivity index (χ2v) is 6.78. The maximum atomic E-state index is 12.6. The number of piperazine rings is 1. The normalized spacial score (nSPS) is 17.6. The van der Waals surface area contributed by atoms with Crippen LogP contribution in [-0.2, 0) is 16.2 Å². The van der Waals surface area contributed by atoms with Crippen LogP contribution in [0.5, 0.6) is 0 Å². The highest BCUT2D eigenvalue weighted by atomic mass is 32.2. The minimum Gasteiger partial charge on any atom is -0.314 e. The van der Waals surface area contributed by atoms with Gasteiger partial charge in [0.05, 0.1) is 10.5 Å². The molecule has 0 unspecified atom stereocenters. The van der Waals surface area contributed by atoms with Crippen LogP contribution in [0.4, 0.5) is 13.2 Å². The van der Waals surface area contributed by atoms with Gasteiger partial charge >= 0.3 is 6.18 Å². The van der Waals surface area contributed by atoms with E-state index in [4.69, 9.17) is 0 Å². The van der Waals surface area contributed by atoms with E-state index in [9.17, 15) is 21.6 Å². The van der Waals surface area contributed by atoms with Gasteiger partial charge in [-0.3, -0.25) is 4.90 Å². The van der Waals surface area contributed by atoms with Gasteiger partial charge in [0.2, 0.25) is 10.0 Å². The Labute approximate surface area is 127 Å². The smallest absolute Gasteiger partial charge is 0.314 e. The molecular weight excluding hydrogens is 319 g/mol. The first kappa shape index (κ1) is 17.2. The van der Waals surface area contributed by atoms with E-state index in [2.05, 4.69) is 14.9 Å². The largest absolute Gasteiger partial charge is 0.416 e. The summed E-state index contributed by atoms with van der Waals surface area (Å²) in [7, 11) is -3.94. The first-order chi connectivity index (χ1) is 10.3. The summed E-state index contributed by atoms with van der Waals surface area (Å²) in [5.74, 6) is 0. The monoisotopic (exact) mass is 337 g/mol. The second-order valence-electron chi connectivity index (χ2n) is 5.02. The number of halogens is 3. The first-order valence-corrected chi connectivity index (χ1v) is 8.37. The van der Waals surface area contributed by atoms with Gasteiger partial charge in [-0.15, -0.1) is 0 Å². The number of alkyl halides is 3. The van der Waals surface area contributed by atoms with Gasteiger partial charge < -0.3 is 5.32 Å². The van der Waals surface area contributed by atoms with Crippen LogP contribution >= 0.6 is 0 Å². The molecule has 124 valence electrons. The molecule has 22 heavy (non-hydrogen) atoms. The summed E-state index contributed by atoms with van der Waals surface area (Å²) in [6.45, 7) is 4.04. The minimum absolute atomic E-state index is 0.165. The lowest BCUT2D eigenvalue weighted by molar-refractivity contribution is -0.137. The summed E-state index contributed by atoms with van der Waals surface area (Å²) < 4.78 is 64.3. The molecule has 2 N–H and O–H groups in total. The van der Waals surface area contributed by atoms with Crippen molar-refractivity contribution in [1.29, 1.82) is 0 Å². The van der Waals surface area contributed by atoms with Crippen LogP contribution in [0.2, 0.25) is 0 Å². The lowest BCUT2D eigenvalue weighted by Gasteiger charge is -2.27. The Hall–Kier alpha value is -1.16. The molecule has 0 radical (unpaired) electrons. The summed E-state index contributed by atoms with van der Waals surface area (Å²) in [4.78, 5) is 1.72. The van der Waals surface area contributed by atoms with E-state index >= 15 is 0 Å². The molecule has 1 aliphatic rings. The molecule has 0 aromatic heterocycles. The first-order valence-electron chi connectivity index (χ1n) is 6.89. The summed E-state index contributed by atoms with van der Waals surface area (Å²) in [6.07, 6.45) is -4.56. The molecule has 1 aromatic rings. The molecule has 1 saturated heterocycles. The molecule has 0 spiro atoms. The van der Waals surface area contributed by atoms with Gasteiger partial charge in [0.25, 0.3) is 0 Å². The fourth-order valence-electron chi connectivity index (χ4n) is 2.20. The molecule has 0 aliphatic carbocycles. The number of nitrogens with zero attached hydrogens (tertiary/aromatic N) is 1. The van der Waals surface area contributed by atoms with Crippen LogP contribution in [0.3, 0.4) is 0 Å². The van der Waals surface area contributed by atoms with Crippen molar-refractivity contribution in [1.82, 2.24) is 14.9 Å². The lowest BCUT2D eigenvalue weighted by atomic mass is 10.2. The van der Waals surface area contributed by atoms with Crippen LogP contribution in [0.25, 0.3) is 0 Å². The van der Waals surface area contributed by atoms with Gasteiger partial charge in [-0.05, 0) is 18.2 Å². The van der Waals surface area contributed by atoms with Crippen LogP contribution in [0, 0.1) is 0 Å². The topological polar surface area (TPSA) is 61.4 Å². The molecule has 1 fully saturated rings. The number of hydrogen-bond acceptors (Lipinski definition) is 4. The molecule has 0 saturated carbocycles. The van der Waals surface area contributed by atoms with E-state index in [1.54, 1.807) is 0 Å². The maximum absolute atomic E-state index is 12.6. The molecule has 0 atom stereocenters. The third-order valence-electron chi connectivity index (χ3n) is 3.40. The Morgan fingerprint density at radius 2 is 1.91 bits per heavy atom. The number of nitrogens with one attached hydrogen (secondary N) is 2. The van der Waals surface area contributed by atoms with Crippen LogP contribution in [0.1, 0.15) is 5.56 Å². The molecule has 0 amide bonds. The highest BCUT2D eigenvalue weighted by Gasteiger charge is 2.31. The lowest BCUT2D eigenvalue weighted by Crippen LogP contribution is -2.46. The predicted octanol–water partition coefficient (Wildman–Crippen LogP) is 0.889. The zero-order chi connectivity index (χ0) is 16.2. The Bertz CT molecular complexity index is 599. The predicted molar refractivity (Wildman–Crippen MR) is 75.9 cm³/mol. The van der Waals surface area contributed by atoms with Crippen molar-refractivity contribution in [3.8, 4) is 0 Å². The number of rotatable bonds is 5. The average molecular weight is 337 g/mol. The van der Waals surface area contributed by atoms with E-state index < -0.39 is 21.8 Å². The maximum Gasteiger partial charge on any atom is 0.416 e. The van der Waals surface area contributed by atoms with Crippen LogP contribution in [0.15, 0.2) is 29.2 Å². The van der Waals surface area contributed by atoms with E-state index in [1.165, 1.54) is 0 Å². The molecular formula is C13H18F3N3O2S. The van der Waals surface area contributed by atoms with Gasteiger partial charge in [-0.2, -0.15) is 13.2 Å². The molecule has 5 nitrogen and oxygen atoms in total. The van der Waals surface area contributed by atoms with Crippen molar-refractivity contribution in [2.24, 2.45) is 0 Å². The van der Waals surface area contributed by atoms with Gasteiger partial charge in [-0.1, -0.05) is 6.07 Å². The van der Waals surface area contributed by atoms with Crippen molar-refractivity contribution in [3.05, 3.63) is 29.8 Å². The number of hydrogen-bond donors (Lipinski definition) is 2. The Kier molecular flexibility index (Phi) is 5.43. The third kappa shape index (κ3) is 4.67. The quantitative estimate of drug-likeness (QED) is 0.838. The van der Waals surface area contributed by atoms with E-state index in [0.717, 1.165) is 44.4 Å². The number of sulfonamides is 1. The Morgan fingerprint density at radius 1 is 1.23 bits per heavy atom. The van der Waals surface area contributed by atoms with E-state index in [1.807, 2.05) is 0 Å². The average Bonchev–Trinajstić information content (AvgIpc) is 2.47. The van der Waals surface area contributed by atoms with Crippen molar-refractivity contribution in [3.63, 3.8) is 0 Å². The van der Waals surface area contributed by atoms with Gasteiger partial charge in [0.1, 0.15) is 0 Å². The fourth-order valence-corrected chi connectivity index (χ4v) is 3.26. The highest BCUT2D eigenvalue weighted by molar-refractivity contribution is 7.89. The standard InChI is InChI=1S/C13H18F3N3O2S/c14-13(15,16)11-2-1-3-12(10-11)22(20,21)18-6-9-19-7-4-17-5-8-19/h1-3,10,17-18H,4-9H2. The SMILES string of the molecule is O=S(=O)(NCCN1CCNCC1)c1cccc(C(F)(F)F)c1. The molecule has 0 bridgehead atoms. The zero-order valence-corrected chi connectivity index (χ0v) is 12.7. The molecule has 1 heterocycles. The van der Waals surface area contributed by atoms with E-state index in [0.29, 0.717) is 12.6 Å². The van der Waals surface area contributed by atoms with Crippen molar-refractivity contribution < 1.29 is 21.6 Å². The van der Waals surface area contributed by atoms with Gasteiger partial charge in [0, 0.05) is 39.3 Å².